The highest BCUT2D eigenvalue weighted by molar-refractivity contribution is 8.00. The monoisotopic (exact) mass is 257 g/mol. The second-order valence-electron chi connectivity index (χ2n) is 5.40. The van der Waals surface area contributed by atoms with E-state index >= 15 is 0 Å². The van der Waals surface area contributed by atoms with Crippen molar-refractivity contribution in [3.63, 3.8) is 0 Å². The molecule has 98 valence electrons. The molecule has 2 unspecified atom stereocenters. The molecule has 2 aliphatic carbocycles. The predicted octanol–water partition coefficient (Wildman–Crippen LogP) is 2.65. The van der Waals surface area contributed by atoms with E-state index in [1.807, 2.05) is 0 Å². The summed E-state index contributed by atoms with van der Waals surface area (Å²) in [7, 11) is 1.79. The highest BCUT2D eigenvalue weighted by atomic mass is 32.2. The van der Waals surface area contributed by atoms with Crippen molar-refractivity contribution in [2.45, 2.75) is 67.4 Å². The minimum atomic E-state index is -0.670. The molecule has 0 radical (unpaired) electrons. The number of nitrogens with one attached hydrogen (secondary N) is 1. The van der Waals surface area contributed by atoms with Gasteiger partial charge in [0, 0.05) is 10.5 Å². The molecule has 0 bridgehead atoms. The minimum Gasteiger partial charge on any atom is -0.480 e. The molecule has 2 N–H and O–H groups in total. The van der Waals surface area contributed by atoms with Crippen molar-refractivity contribution in [1.82, 2.24) is 5.32 Å². The van der Waals surface area contributed by atoms with Crippen molar-refractivity contribution in [2.75, 3.05) is 7.05 Å². The lowest BCUT2D eigenvalue weighted by atomic mass is 9.81. The molecular formula is C13H23NO2S. The smallest absolute Gasteiger partial charge is 0.323 e. The Balaban J connectivity index is 1.93. The van der Waals surface area contributed by atoms with Crippen LogP contribution in [0.2, 0.25) is 0 Å². The number of carboxylic acids is 1. The van der Waals surface area contributed by atoms with Gasteiger partial charge in [0.1, 0.15) is 5.54 Å². The highest BCUT2D eigenvalue weighted by Crippen LogP contribution is 2.40. The Morgan fingerprint density at radius 1 is 1.24 bits per heavy atom. The normalized spacial score (nSPS) is 35.0. The third-order valence-corrected chi connectivity index (χ3v) is 5.92. The van der Waals surface area contributed by atoms with Crippen molar-refractivity contribution in [3.05, 3.63) is 0 Å². The van der Waals surface area contributed by atoms with E-state index < -0.39 is 11.5 Å². The summed E-state index contributed by atoms with van der Waals surface area (Å²) in [6.45, 7) is 0. The summed E-state index contributed by atoms with van der Waals surface area (Å²) in [5, 5.41) is 13.8. The van der Waals surface area contributed by atoms with Gasteiger partial charge in [-0.1, -0.05) is 12.8 Å². The van der Waals surface area contributed by atoms with Crippen molar-refractivity contribution >= 4 is 17.7 Å². The molecule has 4 heteroatoms. The number of hydrogen-bond donors (Lipinski definition) is 2. The molecule has 0 heterocycles. The average molecular weight is 257 g/mol. The first kappa shape index (κ1) is 13.2. The topological polar surface area (TPSA) is 49.3 Å². The molecule has 0 spiro atoms. The van der Waals surface area contributed by atoms with E-state index in [0.717, 1.165) is 24.5 Å². The minimum absolute atomic E-state index is 0.537. The van der Waals surface area contributed by atoms with Crippen LogP contribution in [0.3, 0.4) is 0 Å². The highest BCUT2D eigenvalue weighted by Gasteiger charge is 2.42. The predicted molar refractivity (Wildman–Crippen MR) is 71.5 cm³/mol. The van der Waals surface area contributed by atoms with E-state index in [1.165, 1.54) is 32.1 Å². The van der Waals surface area contributed by atoms with Crippen LogP contribution in [0.25, 0.3) is 0 Å². The zero-order valence-corrected chi connectivity index (χ0v) is 11.4. The first-order valence-corrected chi connectivity index (χ1v) is 7.68. The number of carbonyl (C=O) groups is 1. The third-order valence-electron chi connectivity index (χ3n) is 4.28. The quantitative estimate of drug-likeness (QED) is 0.813. The average Bonchev–Trinajstić information content (AvgIpc) is 2.82. The van der Waals surface area contributed by atoms with Crippen LogP contribution in [0.15, 0.2) is 0 Å². The lowest BCUT2D eigenvalue weighted by Gasteiger charge is -2.38. The SMILES string of the molecule is CNC1(C(=O)O)CCCC(SC2CCCC2)C1. The lowest BCUT2D eigenvalue weighted by molar-refractivity contribution is -0.146. The summed E-state index contributed by atoms with van der Waals surface area (Å²) in [4.78, 5) is 11.4. The van der Waals surface area contributed by atoms with Crippen molar-refractivity contribution in [1.29, 1.82) is 0 Å². The Bertz CT molecular complexity index is 279. The summed E-state index contributed by atoms with van der Waals surface area (Å²) >= 11 is 2.06. The van der Waals surface area contributed by atoms with Crippen LogP contribution < -0.4 is 5.32 Å². The van der Waals surface area contributed by atoms with E-state index in [1.54, 1.807) is 7.05 Å². The number of aliphatic carboxylic acids is 1. The van der Waals surface area contributed by atoms with Crippen LogP contribution in [-0.2, 0) is 4.79 Å². The molecule has 0 saturated heterocycles. The van der Waals surface area contributed by atoms with Crippen LogP contribution in [0.4, 0.5) is 0 Å². The van der Waals surface area contributed by atoms with Crippen LogP contribution in [0, 0.1) is 0 Å². The lowest BCUT2D eigenvalue weighted by Crippen LogP contribution is -2.54. The number of carboxylic acid groups (broad SMARTS) is 1. The molecule has 2 rings (SSSR count). The molecule has 0 aromatic carbocycles. The molecule has 2 aliphatic rings. The summed E-state index contributed by atoms with van der Waals surface area (Å²) in [6.07, 6.45) is 9.19. The Morgan fingerprint density at radius 2 is 1.88 bits per heavy atom. The number of thioether (sulfide) groups is 1. The summed E-state index contributed by atoms with van der Waals surface area (Å²) in [6, 6.07) is 0. The summed E-state index contributed by atoms with van der Waals surface area (Å²) < 4.78 is 0. The summed E-state index contributed by atoms with van der Waals surface area (Å²) in [5.74, 6) is -0.670. The Labute approximate surface area is 108 Å². The van der Waals surface area contributed by atoms with Crippen molar-refractivity contribution < 1.29 is 9.90 Å². The second kappa shape index (κ2) is 5.61. The van der Waals surface area contributed by atoms with E-state index in [2.05, 4.69) is 17.1 Å². The Kier molecular flexibility index (Phi) is 4.36. The maximum atomic E-state index is 11.4. The molecule has 17 heavy (non-hydrogen) atoms. The van der Waals surface area contributed by atoms with Gasteiger partial charge in [0.25, 0.3) is 0 Å². The zero-order chi connectivity index (χ0) is 12.3. The van der Waals surface area contributed by atoms with Crippen molar-refractivity contribution in [2.24, 2.45) is 0 Å². The van der Waals surface area contributed by atoms with Gasteiger partial charge in [-0.2, -0.15) is 11.8 Å². The van der Waals surface area contributed by atoms with Gasteiger partial charge in [0.05, 0.1) is 0 Å². The molecule has 0 aromatic rings. The second-order valence-corrected chi connectivity index (χ2v) is 7.00. The fourth-order valence-electron chi connectivity index (χ4n) is 3.17. The Hall–Kier alpha value is -0.220. The van der Waals surface area contributed by atoms with E-state index in [0.29, 0.717) is 5.25 Å². The molecular weight excluding hydrogens is 234 g/mol. The molecule has 0 amide bonds. The largest absolute Gasteiger partial charge is 0.480 e. The fourth-order valence-corrected chi connectivity index (χ4v) is 5.00. The van der Waals surface area contributed by atoms with Gasteiger partial charge in [-0.05, 0) is 45.6 Å². The van der Waals surface area contributed by atoms with Gasteiger partial charge in [-0.15, -0.1) is 0 Å². The van der Waals surface area contributed by atoms with Crippen molar-refractivity contribution in [3.8, 4) is 0 Å². The molecule has 2 saturated carbocycles. The van der Waals surface area contributed by atoms with Gasteiger partial charge in [-0.25, -0.2) is 0 Å². The van der Waals surface area contributed by atoms with Gasteiger partial charge in [0.2, 0.25) is 0 Å². The van der Waals surface area contributed by atoms with Crippen LogP contribution in [0.1, 0.15) is 51.4 Å². The van der Waals surface area contributed by atoms with E-state index in [9.17, 15) is 9.90 Å². The van der Waals surface area contributed by atoms with Crippen LogP contribution in [0.5, 0.6) is 0 Å². The van der Waals surface area contributed by atoms with Gasteiger partial charge in [0.15, 0.2) is 0 Å². The van der Waals surface area contributed by atoms with Gasteiger partial charge < -0.3 is 10.4 Å². The Morgan fingerprint density at radius 3 is 2.47 bits per heavy atom. The van der Waals surface area contributed by atoms with Crippen LogP contribution in [-0.4, -0.2) is 34.2 Å². The molecule has 3 nitrogen and oxygen atoms in total. The van der Waals surface area contributed by atoms with Gasteiger partial charge in [-0.3, -0.25) is 4.79 Å². The number of likely N-dealkylation sites (N-methyl/N-ethyl adjacent to an activating group) is 1. The van der Waals surface area contributed by atoms with E-state index in [4.69, 9.17) is 0 Å². The fraction of sp³-hybridized carbons (Fsp3) is 0.923. The molecule has 0 aromatic heterocycles. The number of hydrogen-bond acceptors (Lipinski definition) is 3. The maximum Gasteiger partial charge on any atom is 0.323 e. The number of rotatable bonds is 4. The molecule has 2 atom stereocenters. The van der Waals surface area contributed by atoms with E-state index in [-0.39, 0.29) is 0 Å². The van der Waals surface area contributed by atoms with Gasteiger partial charge >= 0.3 is 5.97 Å². The zero-order valence-electron chi connectivity index (χ0n) is 10.6. The summed E-state index contributed by atoms with van der Waals surface area (Å²) in [5.41, 5.74) is -0.658. The third kappa shape index (κ3) is 2.97. The molecule has 2 fully saturated rings. The standard InChI is InChI=1S/C13H23NO2S/c1-14-13(12(15)16)8-4-7-11(9-13)17-10-5-2-3-6-10/h10-11,14H,2-9H2,1H3,(H,15,16). The first-order valence-electron chi connectivity index (χ1n) is 6.74. The first-order chi connectivity index (χ1) is 8.16. The molecule has 0 aliphatic heterocycles. The van der Waals surface area contributed by atoms with Crippen LogP contribution >= 0.6 is 11.8 Å². The maximum absolute atomic E-state index is 11.4.